The molecule has 3 N–H and O–H groups in total. The van der Waals surface area contributed by atoms with Crippen molar-refractivity contribution in [3.8, 4) is 11.5 Å². The van der Waals surface area contributed by atoms with Crippen molar-refractivity contribution >= 4 is 5.91 Å². The molecule has 0 bridgehead atoms. The molecule has 19 heavy (non-hydrogen) atoms. The Balaban J connectivity index is 2.34. The number of nitrogens with two attached hydrogens (primary N) is 1. The van der Waals surface area contributed by atoms with Gasteiger partial charge in [0.15, 0.2) is 11.5 Å². The van der Waals surface area contributed by atoms with Gasteiger partial charge in [-0.15, -0.1) is 0 Å². The first-order valence-electron chi connectivity index (χ1n) is 5.85. The fourth-order valence-corrected chi connectivity index (χ4v) is 1.97. The van der Waals surface area contributed by atoms with Gasteiger partial charge < -0.3 is 15.6 Å². The lowest BCUT2D eigenvalue weighted by molar-refractivity contribution is 0.0999. The molecule has 0 spiro atoms. The van der Waals surface area contributed by atoms with Gasteiger partial charge in [-0.3, -0.25) is 4.79 Å². The second kappa shape index (κ2) is 5.44. The Morgan fingerprint density at radius 3 is 2.68 bits per heavy atom. The number of primary amides is 1. The van der Waals surface area contributed by atoms with E-state index < -0.39 is 5.91 Å². The van der Waals surface area contributed by atoms with Gasteiger partial charge in [-0.25, -0.2) is 0 Å². The van der Waals surface area contributed by atoms with Crippen LogP contribution in [0.1, 0.15) is 21.5 Å². The summed E-state index contributed by atoms with van der Waals surface area (Å²) in [7, 11) is 1.50. The highest BCUT2D eigenvalue weighted by Gasteiger charge is 2.09. The lowest BCUT2D eigenvalue weighted by atomic mass is 9.99. The van der Waals surface area contributed by atoms with Crippen molar-refractivity contribution in [3.63, 3.8) is 0 Å². The molecule has 4 nitrogen and oxygen atoms in total. The highest BCUT2D eigenvalue weighted by Crippen LogP contribution is 2.27. The maximum absolute atomic E-state index is 11.3. The summed E-state index contributed by atoms with van der Waals surface area (Å²) in [5.41, 5.74) is 7.64. The fourth-order valence-electron chi connectivity index (χ4n) is 1.97. The maximum atomic E-state index is 11.3. The molecule has 2 aromatic carbocycles. The van der Waals surface area contributed by atoms with Crippen LogP contribution in [-0.2, 0) is 6.42 Å². The minimum Gasteiger partial charge on any atom is -0.504 e. The van der Waals surface area contributed by atoms with Crippen molar-refractivity contribution in [1.29, 1.82) is 0 Å². The minimum atomic E-state index is -0.443. The lowest BCUT2D eigenvalue weighted by Gasteiger charge is -2.09. The van der Waals surface area contributed by atoms with Gasteiger partial charge in [0.25, 0.3) is 0 Å². The molecule has 0 unspecified atom stereocenters. The lowest BCUT2D eigenvalue weighted by Crippen LogP contribution is -2.13. The van der Waals surface area contributed by atoms with Crippen LogP contribution in [0, 0.1) is 0 Å². The molecule has 2 rings (SSSR count). The first kappa shape index (κ1) is 13.0. The number of hydrogen-bond acceptors (Lipinski definition) is 3. The molecule has 0 aliphatic rings. The number of carbonyl (C=O) groups excluding carboxylic acids is 1. The summed E-state index contributed by atoms with van der Waals surface area (Å²) < 4.78 is 5.06. The van der Waals surface area contributed by atoms with Crippen molar-refractivity contribution in [2.45, 2.75) is 6.42 Å². The van der Waals surface area contributed by atoms with E-state index in [0.717, 1.165) is 11.1 Å². The van der Waals surface area contributed by atoms with Gasteiger partial charge in [-0.05, 0) is 35.7 Å². The third kappa shape index (κ3) is 2.85. The third-order valence-corrected chi connectivity index (χ3v) is 2.92. The van der Waals surface area contributed by atoms with Crippen LogP contribution in [0.3, 0.4) is 0 Å². The number of phenols is 1. The molecule has 0 radical (unpaired) electrons. The van der Waals surface area contributed by atoms with E-state index in [0.29, 0.717) is 17.7 Å². The Morgan fingerprint density at radius 2 is 2.00 bits per heavy atom. The Hall–Kier alpha value is -2.49. The molecule has 0 saturated carbocycles. The van der Waals surface area contributed by atoms with Crippen molar-refractivity contribution in [2.75, 3.05) is 7.11 Å². The number of aromatic hydroxyl groups is 1. The van der Waals surface area contributed by atoms with E-state index in [1.54, 1.807) is 30.3 Å². The number of methoxy groups -OCH3 is 1. The average molecular weight is 257 g/mol. The molecule has 0 aromatic heterocycles. The van der Waals surface area contributed by atoms with Crippen LogP contribution in [-0.4, -0.2) is 18.1 Å². The Morgan fingerprint density at radius 1 is 1.26 bits per heavy atom. The highest BCUT2D eigenvalue weighted by molar-refractivity contribution is 5.94. The predicted molar refractivity (Wildman–Crippen MR) is 72.4 cm³/mol. The number of phenolic OH excluding ortho intramolecular Hbond substituents is 1. The summed E-state index contributed by atoms with van der Waals surface area (Å²) in [4.78, 5) is 11.3. The number of amides is 1. The van der Waals surface area contributed by atoms with Gasteiger partial charge in [0, 0.05) is 5.56 Å². The summed E-state index contributed by atoms with van der Waals surface area (Å²) >= 11 is 0. The number of carbonyl (C=O) groups is 1. The monoisotopic (exact) mass is 257 g/mol. The SMILES string of the molecule is COc1cc(Cc2ccccc2C(N)=O)ccc1O. The predicted octanol–water partition coefficient (Wildman–Crippen LogP) is 2.09. The van der Waals surface area contributed by atoms with E-state index in [-0.39, 0.29) is 5.75 Å². The normalized spacial score (nSPS) is 10.2. The zero-order valence-corrected chi connectivity index (χ0v) is 10.6. The molecule has 98 valence electrons. The number of hydrogen-bond donors (Lipinski definition) is 2. The van der Waals surface area contributed by atoms with Crippen molar-refractivity contribution in [3.05, 3.63) is 59.2 Å². The van der Waals surface area contributed by atoms with Gasteiger partial charge in [0.2, 0.25) is 5.91 Å². The van der Waals surface area contributed by atoms with Crippen LogP contribution in [0.2, 0.25) is 0 Å². The molecule has 1 amide bonds. The van der Waals surface area contributed by atoms with Gasteiger partial charge in [-0.2, -0.15) is 0 Å². The zero-order chi connectivity index (χ0) is 13.8. The van der Waals surface area contributed by atoms with E-state index in [2.05, 4.69) is 0 Å². The smallest absolute Gasteiger partial charge is 0.248 e. The highest BCUT2D eigenvalue weighted by atomic mass is 16.5. The molecule has 0 aliphatic carbocycles. The first-order valence-corrected chi connectivity index (χ1v) is 5.85. The number of benzene rings is 2. The van der Waals surface area contributed by atoms with E-state index >= 15 is 0 Å². The van der Waals surface area contributed by atoms with Crippen LogP contribution in [0.4, 0.5) is 0 Å². The minimum absolute atomic E-state index is 0.0921. The third-order valence-electron chi connectivity index (χ3n) is 2.92. The molecule has 0 atom stereocenters. The van der Waals surface area contributed by atoms with Crippen LogP contribution >= 0.6 is 0 Å². The fraction of sp³-hybridized carbons (Fsp3) is 0.133. The van der Waals surface area contributed by atoms with Gasteiger partial charge in [0.05, 0.1) is 7.11 Å². The molecule has 0 aliphatic heterocycles. The van der Waals surface area contributed by atoms with Crippen LogP contribution in [0.25, 0.3) is 0 Å². The van der Waals surface area contributed by atoms with E-state index in [9.17, 15) is 9.90 Å². The Labute approximate surface area is 111 Å². The van der Waals surface area contributed by atoms with Gasteiger partial charge in [0.1, 0.15) is 0 Å². The molecular formula is C15H15NO3. The standard InChI is InChI=1S/C15H15NO3/c1-19-14-9-10(6-7-13(14)17)8-11-4-2-3-5-12(11)15(16)18/h2-7,9,17H,8H2,1H3,(H2,16,18). The quantitative estimate of drug-likeness (QED) is 0.880. The molecule has 0 fully saturated rings. The van der Waals surface area contributed by atoms with Gasteiger partial charge in [-0.1, -0.05) is 24.3 Å². The summed E-state index contributed by atoms with van der Waals surface area (Å²) in [6.45, 7) is 0. The summed E-state index contributed by atoms with van der Waals surface area (Å²) in [5.74, 6) is 0.0600. The summed E-state index contributed by atoms with van der Waals surface area (Å²) in [5, 5.41) is 9.54. The summed E-state index contributed by atoms with van der Waals surface area (Å²) in [6, 6.07) is 12.3. The van der Waals surface area contributed by atoms with Crippen molar-refractivity contribution < 1.29 is 14.6 Å². The van der Waals surface area contributed by atoms with Crippen LogP contribution < -0.4 is 10.5 Å². The van der Waals surface area contributed by atoms with Crippen molar-refractivity contribution in [2.24, 2.45) is 5.73 Å². The average Bonchev–Trinajstić information content (AvgIpc) is 2.41. The van der Waals surface area contributed by atoms with Crippen LogP contribution in [0.5, 0.6) is 11.5 Å². The molecule has 4 heteroatoms. The van der Waals surface area contributed by atoms with Gasteiger partial charge >= 0.3 is 0 Å². The van der Waals surface area contributed by atoms with Crippen LogP contribution in [0.15, 0.2) is 42.5 Å². The first-order chi connectivity index (χ1) is 9.11. The maximum Gasteiger partial charge on any atom is 0.248 e. The largest absolute Gasteiger partial charge is 0.504 e. The molecule has 0 heterocycles. The summed E-state index contributed by atoms with van der Waals surface area (Å²) in [6.07, 6.45) is 0.551. The second-order valence-electron chi connectivity index (χ2n) is 4.20. The molecular weight excluding hydrogens is 242 g/mol. The molecule has 2 aromatic rings. The Kier molecular flexibility index (Phi) is 3.71. The van der Waals surface area contributed by atoms with E-state index in [1.807, 2.05) is 12.1 Å². The topological polar surface area (TPSA) is 72.5 Å². The van der Waals surface area contributed by atoms with Crippen molar-refractivity contribution in [1.82, 2.24) is 0 Å². The van der Waals surface area contributed by atoms with E-state index in [1.165, 1.54) is 7.11 Å². The second-order valence-corrected chi connectivity index (χ2v) is 4.20. The number of rotatable bonds is 4. The molecule has 0 saturated heterocycles. The number of ether oxygens (including phenoxy) is 1. The Bertz CT molecular complexity index is 608. The van der Waals surface area contributed by atoms with E-state index in [4.69, 9.17) is 10.5 Å². The zero-order valence-electron chi connectivity index (χ0n) is 10.6.